The standard InChI is InChI=1S/C19H28N6S2.HI/c1-15-4-5-17(23-14-15)25-10-6-16(7-11-25)24-18(20-2)21-8-3-12-26-19-22-9-13-27-19;/h4-5,9,13-14,16H,3,6-8,10-12H2,1-2H3,(H2,20,21,24);1H. The molecule has 154 valence electrons. The number of halogens is 1. The van der Waals surface area contributed by atoms with Crippen LogP contribution in [-0.2, 0) is 0 Å². The number of hydrogen-bond acceptors (Lipinski definition) is 6. The van der Waals surface area contributed by atoms with Gasteiger partial charge in [0.2, 0.25) is 0 Å². The third-order valence-corrected chi connectivity index (χ3v) is 6.58. The van der Waals surface area contributed by atoms with E-state index < -0.39 is 0 Å². The summed E-state index contributed by atoms with van der Waals surface area (Å²) in [5.41, 5.74) is 1.20. The van der Waals surface area contributed by atoms with E-state index in [0.717, 1.165) is 60.8 Å². The minimum atomic E-state index is 0. The number of anilines is 1. The van der Waals surface area contributed by atoms with Crippen LogP contribution in [0.1, 0.15) is 24.8 Å². The molecule has 0 aliphatic carbocycles. The molecule has 28 heavy (non-hydrogen) atoms. The second kappa shape index (κ2) is 12.5. The van der Waals surface area contributed by atoms with Crippen LogP contribution in [-0.4, -0.2) is 54.4 Å². The quantitative estimate of drug-likeness (QED) is 0.186. The highest BCUT2D eigenvalue weighted by molar-refractivity contribution is 14.0. The van der Waals surface area contributed by atoms with Crippen LogP contribution >= 0.6 is 47.1 Å². The first-order valence-electron chi connectivity index (χ1n) is 9.41. The summed E-state index contributed by atoms with van der Waals surface area (Å²) >= 11 is 3.52. The number of nitrogens with zero attached hydrogens (tertiary/aromatic N) is 4. The molecule has 2 aromatic heterocycles. The fourth-order valence-electron chi connectivity index (χ4n) is 3.01. The first kappa shape index (κ1) is 23.2. The van der Waals surface area contributed by atoms with E-state index in [1.807, 2.05) is 36.6 Å². The Kier molecular flexibility index (Phi) is 10.3. The SMILES string of the molecule is CN=C(NCCCSc1nccs1)NC1CCN(c2ccc(C)cn2)CC1.I. The van der Waals surface area contributed by atoms with E-state index in [4.69, 9.17) is 0 Å². The topological polar surface area (TPSA) is 65.4 Å². The molecule has 1 saturated heterocycles. The number of thioether (sulfide) groups is 1. The van der Waals surface area contributed by atoms with Gasteiger partial charge in [0, 0.05) is 56.3 Å². The number of pyridine rings is 1. The number of aromatic nitrogens is 2. The average Bonchev–Trinajstić information content (AvgIpc) is 3.21. The van der Waals surface area contributed by atoms with Crippen molar-refractivity contribution in [3.8, 4) is 0 Å². The number of hydrogen-bond donors (Lipinski definition) is 2. The number of piperidine rings is 1. The van der Waals surface area contributed by atoms with E-state index in [-0.39, 0.29) is 24.0 Å². The molecule has 1 fully saturated rings. The lowest BCUT2D eigenvalue weighted by atomic mass is 10.1. The van der Waals surface area contributed by atoms with Crippen molar-refractivity contribution in [2.24, 2.45) is 4.99 Å². The molecule has 9 heteroatoms. The second-order valence-corrected chi connectivity index (χ2v) is 8.84. The number of aryl methyl sites for hydroxylation is 1. The van der Waals surface area contributed by atoms with Crippen LogP contribution in [0.2, 0.25) is 0 Å². The van der Waals surface area contributed by atoms with Gasteiger partial charge in [0.1, 0.15) is 10.2 Å². The number of nitrogens with one attached hydrogen (secondary N) is 2. The van der Waals surface area contributed by atoms with Gasteiger partial charge in [-0.3, -0.25) is 4.99 Å². The van der Waals surface area contributed by atoms with Crippen LogP contribution in [0.3, 0.4) is 0 Å². The predicted molar refractivity (Wildman–Crippen MR) is 132 cm³/mol. The largest absolute Gasteiger partial charge is 0.356 e. The first-order valence-corrected chi connectivity index (χ1v) is 11.3. The summed E-state index contributed by atoms with van der Waals surface area (Å²) in [4.78, 5) is 15.6. The Hall–Kier alpha value is -1.07. The van der Waals surface area contributed by atoms with E-state index in [9.17, 15) is 0 Å². The van der Waals surface area contributed by atoms with Crippen LogP contribution in [0.5, 0.6) is 0 Å². The Labute approximate surface area is 193 Å². The van der Waals surface area contributed by atoms with E-state index >= 15 is 0 Å². The molecule has 0 saturated carbocycles. The highest BCUT2D eigenvalue weighted by Gasteiger charge is 2.20. The molecule has 0 unspecified atom stereocenters. The van der Waals surface area contributed by atoms with Crippen LogP contribution in [0.4, 0.5) is 5.82 Å². The van der Waals surface area contributed by atoms with E-state index in [1.54, 1.807) is 11.3 Å². The third kappa shape index (κ3) is 7.40. The molecule has 1 aliphatic rings. The zero-order valence-corrected chi connectivity index (χ0v) is 20.4. The zero-order chi connectivity index (χ0) is 18.9. The van der Waals surface area contributed by atoms with Crippen LogP contribution < -0.4 is 15.5 Å². The zero-order valence-electron chi connectivity index (χ0n) is 16.4. The lowest BCUT2D eigenvalue weighted by molar-refractivity contribution is 0.459. The summed E-state index contributed by atoms with van der Waals surface area (Å²) in [5, 5.41) is 9.01. The molecule has 0 spiro atoms. The third-order valence-electron chi connectivity index (χ3n) is 4.53. The number of guanidine groups is 1. The van der Waals surface area contributed by atoms with Crippen molar-refractivity contribution < 1.29 is 0 Å². The van der Waals surface area contributed by atoms with Crippen LogP contribution in [0, 0.1) is 6.92 Å². The Morgan fingerprint density at radius 3 is 2.79 bits per heavy atom. The molecule has 0 aromatic carbocycles. The van der Waals surface area contributed by atoms with Crippen LogP contribution in [0.15, 0.2) is 39.2 Å². The summed E-state index contributed by atoms with van der Waals surface area (Å²) in [6, 6.07) is 4.71. The van der Waals surface area contributed by atoms with Gasteiger partial charge in [0.15, 0.2) is 5.96 Å². The fraction of sp³-hybridized carbons (Fsp3) is 0.526. The molecule has 0 bridgehead atoms. The normalized spacial score (nSPS) is 15.2. The summed E-state index contributed by atoms with van der Waals surface area (Å²) in [7, 11) is 1.84. The fourth-order valence-corrected chi connectivity index (χ4v) is 4.66. The monoisotopic (exact) mass is 532 g/mol. The molecular formula is C19H29IN6S2. The molecular weight excluding hydrogens is 503 g/mol. The second-order valence-electron chi connectivity index (χ2n) is 6.60. The minimum absolute atomic E-state index is 0. The lowest BCUT2D eigenvalue weighted by Crippen LogP contribution is -2.49. The van der Waals surface area contributed by atoms with Crippen molar-refractivity contribution in [3.05, 3.63) is 35.5 Å². The van der Waals surface area contributed by atoms with Gasteiger partial charge in [-0.15, -0.1) is 35.3 Å². The minimum Gasteiger partial charge on any atom is -0.356 e. The molecule has 0 atom stereocenters. The first-order chi connectivity index (χ1) is 13.2. The lowest BCUT2D eigenvalue weighted by Gasteiger charge is -2.33. The summed E-state index contributed by atoms with van der Waals surface area (Å²) in [6.45, 7) is 5.04. The van der Waals surface area contributed by atoms with E-state index in [1.165, 1.54) is 5.56 Å². The molecule has 2 N–H and O–H groups in total. The molecule has 3 rings (SSSR count). The summed E-state index contributed by atoms with van der Waals surface area (Å²) < 4.78 is 1.15. The van der Waals surface area contributed by atoms with Crippen molar-refractivity contribution in [2.45, 2.75) is 36.6 Å². The van der Waals surface area contributed by atoms with Crippen molar-refractivity contribution in [1.29, 1.82) is 0 Å². The number of aliphatic imine (C=N–C) groups is 1. The molecule has 2 aromatic rings. The smallest absolute Gasteiger partial charge is 0.191 e. The van der Waals surface area contributed by atoms with Gasteiger partial charge in [0.05, 0.1) is 0 Å². The maximum Gasteiger partial charge on any atom is 0.191 e. The van der Waals surface area contributed by atoms with Gasteiger partial charge >= 0.3 is 0 Å². The number of rotatable bonds is 7. The molecule has 3 heterocycles. The van der Waals surface area contributed by atoms with E-state index in [0.29, 0.717) is 6.04 Å². The van der Waals surface area contributed by atoms with Crippen molar-refractivity contribution >= 4 is 58.9 Å². The van der Waals surface area contributed by atoms with Crippen LogP contribution in [0.25, 0.3) is 0 Å². The van der Waals surface area contributed by atoms with Gasteiger partial charge < -0.3 is 15.5 Å². The maximum absolute atomic E-state index is 4.54. The average molecular weight is 533 g/mol. The van der Waals surface area contributed by atoms with Crippen molar-refractivity contribution in [2.75, 3.05) is 37.3 Å². The summed E-state index contributed by atoms with van der Waals surface area (Å²) in [5.74, 6) is 3.06. The van der Waals surface area contributed by atoms with Crippen molar-refractivity contribution in [3.63, 3.8) is 0 Å². The Bertz CT molecular complexity index is 700. The van der Waals surface area contributed by atoms with Crippen molar-refractivity contribution in [1.82, 2.24) is 20.6 Å². The summed E-state index contributed by atoms with van der Waals surface area (Å²) in [6.07, 6.45) is 7.07. The maximum atomic E-state index is 4.54. The van der Waals surface area contributed by atoms with Gasteiger partial charge in [-0.05, 0) is 37.8 Å². The van der Waals surface area contributed by atoms with Gasteiger partial charge in [-0.1, -0.05) is 17.8 Å². The Morgan fingerprint density at radius 2 is 2.14 bits per heavy atom. The molecule has 0 radical (unpaired) electrons. The Morgan fingerprint density at radius 1 is 1.32 bits per heavy atom. The molecule has 1 aliphatic heterocycles. The number of thiazole rings is 1. The van der Waals surface area contributed by atoms with Gasteiger partial charge in [-0.2, -0.15) is 0 Å². The van der Waals surface area contributed by atoms with Gasteiger partial charge in [0.25, 0.3) is 0 Å². The Balaban J connectivity index is 0.00000280. The molecule has 0 amide bonds. The highest BCUT2D eigenvalue weighted by Crippen LogP contribution is 2.20. The van der Waals surface area contributed by atoms with Gasteiger partial charge in [-0.25, -0.2) is 9.97 Å². The van der Waals surface area contributed by atoms with E-state index in [2.05, 4.69) is 49.6 Å². The highest BCUT2D eigenvalue weighted by atomic mass is 127. The molecule has 6 nitrogen and oxygen atoms in total. The predicted octanol–water partition coefficient (Wildman–Crippen LogP) is 3.78.